The summed E-state index contributed by atoms with van der Waals surface area (Å²) in [6.07, 6.45) is 0. The van der Waals surface area contributed by atoms with E-state index in [9.17, 15) is 0 Å². The number of hydrogen-bond acceptors (Lipinski definition) is 2. The number of nitrogen functional groups attached to an aromatic ring is 1. The second-order valence-corrected chi connectivity index (χ2v) is 5.65. The summed E-state index contributed by atoms with van der Waals surface area (Å²) in [6, 6.07) is 14.5. The molecule has 0 aliphatic carbocycles. The Morgan fingerprint density at radius 1 is 1.16 bits per heavy atom. The van der Waals surface area contributed by atoms with Gasteiger partial charge in [-0.2, -0.15) is 0 Å². The molecular formula is C16H18N2S. The number of hydrogen-bond donors (Lipinski definition) is 2. The average molecular weight is 270 g/mol. The molecule has 0 fully saturated rings. The van der Waals surface area contributed by atoms with Crippen molar-refractivity contribution in [3.05, 3.63) is 64.7 Å². The Hall–Kier alpha value is -1.74. The average Bonchev–Trinajstić information content (AvgIpc) is 2.38. The minimum absolute atomic E-state index is 0.135. The van der Waals surface area contributed by atoms with Crippen LogP contribution in [-0.2, 0) is 5.75 Å². The molecule has 0 aliphatic rings. The van der Waals surface area contributed by atoms with Crippen LogP contribution in [0.25, 0.3) is 0 Å². The van der Waals surface area contributed by atoms with Crippen LogP contribution in [0.3, 0.4) is 0 Å². The highest BCUT2D eigenvalue weighted by Gasteiger charge is 2.07. The summed E-state index contributed by atoms with van der Waals surface area (Å²) in [5.74, 6) is 1.03. The van der Waals surface area contributed by atoms with Gasteiger partial charge in [0.05, 0.1) is 0 Å². The second-order valence-electron chi connectivity index (χ2n) is 4.63. The van der Waals surface area contributed by atoms with Crippen LogP contribution in [0.1, 0.15) is 22.3 Å². The Kier molecular flexibility index (Phi) is 4.27. The number of benzene rings is 2. The van der Waals surface area contributed by atoms with E-state index in [2.05, 4.69) is 43.3 Å². The maximum atomic E-state index is 7.66. The van der Waals surface area contributed by atoms with E-state index in [0.717, 1.165) is 21.8 Å². The Morgan fingerprint density at radius 3 is 2.58 bits per heavy atom. The molecule has 2 aromatic carbocycles. The molecule has 0 unspecified atom stereocenters. The van der Waals surface area contributed by atoms with Crippen molar-refractivity contribution in [2.24, 2.45) is 5.73 Å². The fraction of sp³-hybridized carbons (Fsp3) is 0.188. The molecule has 0 bridgehead atoms. The Labute approximate surface area is 118 Å². The zero-order chi connectivity index (χ0) is 13.8. The highest BCUT2D eigenvalue weighted by molar-refractivity contribution is 7.98. The third-order valence-corrected chi connectivity index (χ3v) is 4.19. The Bertz CT molecular complexity index is 605. The third-order valence-electron chi connectivity index (χ3n) is 3.07. The van der Waals surface area contributed by atoms with Crippen molar-refractivity contribution in [2.45, 2.75) is 24.5 Å². The second kappa shape index (κ2) is 5.93. The van der Waals surface area contributed by atoms with Gasteiger partial charge in [-0.05, 0) is 37.1 Å². The maximum absolute atomic E-state index is 7.66. The lowest BCUT2D eigenvalue weighted by atomic mass is 10.1. The third kappa shape index (κ3) is 3.38. The minimum Gasteiger partial charge on any atom is -0.384 e. The number of thioether (sulfide) groups is 1. The van der Waals surface area contributed by atoms with E-state index < -0.39 is 0 Å². The van der Waals surface area contributed by atoms with Gasteiger partial charge in [0.25, 0.3) is 0 Å². The van der Waals surface area contributed by atoms with E-state index in [1.807, 2.05) is 13.0 Å². The summed E-state index contributed by atoms with van der Waals surface area (Å²) in [4.78, 5) is 1.07. The lowest BCUT2D eigenvalue weighted by Gasteiger charge is -2.10. The van der Waals surface area contributed by atoms with Crippen molar-refractivity contribution in [3.8, 4) is 0 Å². The first-order valence-corrected chi connectivity index (χ1v) is 7.19. The van der Waals surface area contributed by atoms with Gasteiger partial charge in [-0.3, -0.25) is 5.41 Å². The summed E-state index contributed by atoms with van der Waals surface area (Å²) >= 11 is 1.73. The van der Waals surface area contributed by atoms with Crippen LogP contribution >= 0.6 is 11.8 Å². The summed E-state index contributed by atoms with van der Waals surface area (Å²) in [6.45, 7) is 4.14. The monoisotopic (exact) mass is 270 g/mol. The molecule has 3 heteroatoms. The number of nitrogens with two attached hydrogens (primary N) is 1. The fourth-order valence-electron chi connectivity index (χ4n) is 1.91. The molecule has 19 heavy (non-hydrogen) atoms. The molecular weight excluding hydrogens is 252 g/mol. The summed E-state index contributed by atoms with van der Waals surface area (Å²) < 4.78 is 0. The van der Waals surface area contributed by atoms with E-state index in [4.69, 9.17) is 11.1 Å². The first-order valence-electron chi connectivity index (χ1n) is 6.20. The molecule has 0 aromatic heterocycles. The van der Waals surface area contributed by atoms with Gasteiger partial charge in [-0.1, -0.05) is 35.9 Å². The number of aryl methyl sites for hydroxylation is 2. The van der Waals surface area contributed by atoms with Gasteiger partial charge in [0, 0.05) is 16.2 Å². The molecule has 0 saturated carbocycles. The van der Waals surface area contributed by atoms with Crippen LogP contribution < -0.4 is 5.73 Å². The molecule has 0 amide bonds. The maximum Gasteiger partial charge on any atom is 0.123 e. The summed E-state index contributed by atoms with van der Waals surface area (Å²) in [5, 5.41) is 7.66. The standard InChI is InChI=1S/C16H18N2S/c1-11-7-8-15(14(9-11)16(17)18)19-10-13-6-4-3-5-12(13)2/h3-9H,10H2,1-2H3,(H3,17,18). The van der Waals surface area contributed by atoms with E-state index in [0.29, 0.717) is 0 Å². The summed E-state index contributed by atoms with van der Waals surface area (Å²) in [5.41, 5.74) is 10.2. The minimum atomic E-state index is 0.135. The van der Waals surface area contributed by atoms with Crippen LogP contribution in [0.4, 0.5) is 0 Å². The van der Waals surface area contributed by atoms with E-state index >= 15 is 0 Å². The number of amidine groups is 1. The topological polar surface area (TPSA) is 49.9 Å². The van der Waals surface area contributed by atoms with Crippen LogP contribution in [-0.4, -0.2) is 5.84 Å². The van der Waals surface area contributed by atoms with Gasteiger partial charge in [0.1, 0.15) is 5.84 Å². The highest BCUT2D eigenvalue weighted by Crippen LogP contribution is 2.28. The van der Waals surface area contributed by atoms with E-state index in [1.54, 1.807) is 11.8 Å². The molecule has 0 atom stereocenters. The molecule has 2 nitrogen and oxygen atoms in total. The van der Waals surface area contributed by atoms with Crippen molar-refractivity contribution in [2.75, 3.05) is 0 Å². The Balaban J connectivity index is 2.20. The fourth-order valence-corrected chi connectivity index (χ4v) is 3.03. The van der Waals surface area contributed by atoms with Gasteiger partial charge in [-0.15, -0.1) is 11.8 Å². The zero-order valence-corrected chi connectivity index (χ0v) is 12.1. The van der Waals surface area contributed by atoms with Crippen LogP contribution in [0.15, 0.2) is 47.4 Å². The van der Waals surface area contributed by atoms with E-state index in [1.165, 1.54) is 11.1 Å². The molecule has 98 valence electrons. The van der Waals surface area contributed by atoms with Crippen molar-refractivity contribution < 1.29 is 0 Å². The van der Waals surface area contributed by atoms with Crippen molar-refractivity contribution in [1.82, 2.24) is 0 Å². The molecule has 2 rings (SSSR count). The predicted octanol–water partition coefficient (Wildman–Crippen LogP) is 3.88. The molecule has 0 saturated heterocycles. The Morgan fingerprint density at radius 2 is 1.89 bits per heavy atom. The molecule has 0 heterocycles. The lowest BCUT2D eigenvalue weighted by Crippen LogP contribution is -2.12. The van der Waals surface area contributed by atoms with Gasteiger partial charge >= 0.3 is 0 Å². The number of nitrogens with one attached hydrogen (secondary N) is 1. The first-order chi connectivity index (χ1) is 9.08. The van der Waals surface area contributed by atoms with Gasteiger partial charge in [0.15, 0.2) is 0 Å². The molecule has 2 aromatic rings. The van der Waals surface area contributed by atoms with Crippen LogP contribution in [0.5, 0.6) is 0 Å². The quantitative estimate of drug-likeness (QED) is 0.503. The zero-order valence-electron chi connectivity index (χ0n) is 11.2. The number of rotatable bonds is 4. The molecule has 3 N–H and O–H groups in total. The van der Waals surface area contributed by atoms with Gasteiger partial charge in [0.2, 0.25) is 0 Å². The van der Waals surface area contributed by atoms with Crippen LogP contribution in [0.2, 0.25) is 0 Å². The van der Waals surface area contributed by atoms with Crippen LogP contribution in [0, 0.1) is 19.3 Å². The largest absolute Gasteiger partial charge is 0.384 e. The molecule has 0 aliphatic heterocycles. The summed E-state index contributed by atoms with van der Waals surface area (Å²) in [7, 11) is 0. The smallest absolute Gasteiger partial charge is 0.123 e. The van der Waals surface area contributed by atoms with Crippen molar-refractivity contribution in [3.63, 3.8) is 0 Å². The van der Waals surface area contributed by atoms with Gasteiger partial charge in [-0.25, -0.2) is 0 Å². The SMILES string of the molecule is Cc1ccc(SCc2ccccc2C)c(C(=N)N)c1. The first kappa shape index (κ1) is 13.7. The normalized spacial score (nSPS) is 10.4. The highest BCUT2D eigenvalue weighted by atomic mass is 32.2. The van der Waals surface area contributed by atoms with Gasteiger partial charge < -0.3 is 5.73 Å². The molecule has 0 radical (unpaired) electrons. The lowest BCUT2D eigenvalue weighted by molar-refractivity contribution is 1.28. The van der Waals surface area contributed by atoms with Crippen molar-refractivity contribution in [1.29, 1.82) is 5.41 Å². The van der Waals surface area contributed by atoms with E-state index in [-0.39, 0.29) is 5.84 Å². The molecule has 0 spiro atoms. The predicted molar refractivity (Wildman–Crippen MR) is 82.9 cm³/mol. The van der Waals surface area contributed by atoms with Crippen molar-refractivity contribution >= 4 is 17.6 Å².